The molecule has 32 heavy (non-hydrogen) atoms. The Labute approximate surface area is 185 Å². The third kappa shape index (κ3) is 5.64. The van der Waals surface area contributed by atoms with Crippen LogP contribution in [0.5, 0.6) is 0 Å². The minimum absolute atomic E-state index is 0.0937. The van der Waals surface area contributed by atoms with Crippen molar-refractivity contribution in [2.75, 3.05) is 11.9 Å². The number of nitrogens with one attached hydrogen (secondary N) is 1. The van der Waals surface area contributed by atoms with Crippen LogP contribution in [-0.4, -0.2) is 35.2 Å². The van der Waals surface area contributed by atoms with E-state index in [-0.39, 0.29) is 42.5 Å². The number of rotatable bonds is 6. The van der Waals surface area contributed by atoms with Crippen molar-refractivity contribution in [3.8, 4) is 0 Å². The number of ether oxygens (including phenoxy) is 1. The van der Waals surface area contributed by atoms with Crippen molar-refractivity contribution >= 4 is 41.0 Å². The lowest BCUT2D eigenvalue weighted by Gasteiger charge is -2.14. The predicted octanol–water partition coefficient (Wildman–Crippen LogP) is 3.80. The number of amides is 3. The summed E-state index contributed by atoms with van der Waals surface area (Å²) in [6, 6.07) is 8.77. The predicted molar refractivity (Wildman–Crippen MR) is 107 cm³/mol. The number of carbonyl (C=O) groups is 4. The zero-order chi connectivity index (χ0) is 23.5. The number of nitrogens with zero attached hydrogens (tertiary/aromatic N) is 1. The molecular formula is C21H16ClF3N2O5. The quantitative estimate of drug-likeness (QED) is 0.514. The number of benzene rings is 2. The lowest BCUT2D eigenvalue weighted by molar-refractivity contribution is -0.139. The van der Waals surface area contributed by atoms with Crippen LogP contribution in [0, 0.1) is 0 Å². The third-order valence-electron chi connectivity index (χ3n) is 4.58. The van der Waals surface area contributed by atoms with Crippen LogP contribution in [0.1, 0.15) is 34.3 Å². The maximum atomic E-state index is 12.9. The van der Waals surface area contributed by atoms with Crippen LogP contribution in [0.15, 0.2) is 42.5 Å². The Morgan fingerprint density at radius 2 is 1.66 bits per heavy atom. The molecule has 0 bridgehead atoms. The van der Waals surface area contributed by atoms with E-state index in [2.05, 4.69) is 5.32 Å². The van der Waals surface area contributed by atoms with E-state index in [4.69, 9.17) is 16.3 Å². The van der Waals surface area contributed by atoms with Gasteiger partial charge in [0.25, 0.3) is 5.91 Å². The van der Waals surface area contributed by atoms with Gasteiger partial charge in [-0.25, -0.2) is 4.79 Å². The molecule has 1 fully saturated rings. The molecule has 3 rings (SSSR count). The second kappa shape index (κ2) is 9.39. The first kappa shape index (κ1) is 23.3. The van der Waals surface area contributed by atoms with Crippen LogP contribution in [0.3, 0.4) is 0 Å². The molecule has 11 heteroatoms. The fraction of sp³-hybridized carbons (Fsp3) is 0.238. The molecule has 0 saturated carbocycles. The summed E-state index contributed by atoms with van der Waals surface area (Å²) >= 11 is 5.52. The van der Waals surface area contributed by atoms with E-state index in [1.165, 1.54) is 18.2 Å². The van der Waals surface area contributed by atoms with Crippen molar-refractivity contribution in [3.63, 3.8) is 0 Å². The summed E-state index contributed by atoms with van der Waals surface area (Å²) in [6.45, 7) is -0.627. The van der Waals surface area contributed by atoms with Crippen molar-refractivity contribution in [2.24, 2.45) is 0 Å². The molecule has 1 saturated heterocycles. The molecule has 1 heterocycles. The number of carbonyl (C=O) groups excluding carboxylic acids is 4. The van der Waals surface area contributed by atoms with Gasteiger partial charge in [0, 0.05) is 18.5 Å². The van der Waals surface area contributed by atoms with Gasteiger partial charge in [-0.1, -0.05) is 23.7 Å². The molecule has 0 spiro atoms. The standard InChI is InChI=1S/C21H16ClF3N2O5/c22-16-6-5-14(9-15(16)21(23,24)25)26-17(28)11-32-20(31)13-3-1-12(2-4-13)10-27-18(29)7-8-19(27)30/h1-6,9H,7-8,10-11H2,(H,26,28). The average Bonchev–Trinajstić information content (AvgIpc) is 3.05. The molecule has 0 unspecified atom stereocenters. The highest BCUT2D eigenvalue weighted by molar-refractivity contribution is 6.31. The molecule has 3 amide bonds. The molecule has 0 aromatic heterocycles. The summed E-state index contributed by atoms with van der Waals surface area (Å²) < 4.78 is 43.5. The SMILES string of the molecule is O=C(COC(=O)c1ccc(CN2C(=O)CCC2=O)cc1)Nc1ccc(Cl)c(C(F)(F)F)c1. The third-order valence-corrected chi connectivity index (χ3v) is 4.90. The van der Waals surface area contributed by atoms with E-state index < -0.39 is 35.2 Å². The normalized spacial score (nSPS) is 13.9. The van der Waals surface area contributed by atoms with Crippen LogP contribution in [-0.2, 0) is 31.8 Å². The highest BCUT2D eigenvalue weighted by Crippen LogP contribution is 2.36. The van der Waals surface area contributed by atoms with Crippen molar-refractivity contribution < 1.29 is 37.1 Å². The summed E-state index contributed by atoms with van der Waals surface area (Å²) in [4.78, 5) is 48.5. The number of esters is 1. The van der Waals surface area contributed by atoms with Crippen LogP contribution >= 0.6 is 11.6 Å². The van der Waals surface area contributed by atoms with Gasteiger partial charge in [0.1, 0.15) is 0 Å². The molecule has 2 aromatic carbocycles. The van der Waals surface area contributed by atoms with E-state index in [1.54, 1.807) is 12.1 Å². The van der Waals surface area contributed by atoms with E-state index in [0.29, 0.717) is 11.6 Å². The molecule has 7 nitrogen and oxygen atoms in total. The Bertz CT molecular complexity index is 1050. The summed E-state index contributed by atoms with van der Waals surface area (Å²) in [6.07, 6.45) is -4.33. The van der Waals surface area contributed by atoms with Crippen molar-refractivity contribution in [1.29, 1.82) is 0 Å². The maximum absolute atomic E-state index is 12.9. The molecule has 1 aliphatic rings. The molecule has 0 atom stereocenters. The Balaban J connectivity index is 1.53. The minimum atomic E-state index is -4.69. The number of hydrogen-bond donors (Lipinski definition) is 1. The zero-order valence-corrected chi connectivity index (χ0v) is 17.1. The summed E-state index contributed by atoms with van der Waals surface area (Å²) in [5, 5.41) is 1.69. The molecule has 168 valence electrons. The summed E-state index contributed by atoms with van der Waals surface area (Å²) in [7, 11) is 0. The number of anilines is 1. The van der Waals surface area contributed by atoms with Crippen LogP contribution in [0.4, 0.5) is 18.9 Å². The van der Waals surface area contributed by atoms with Gasteiger partial charge < -0.3 is 10.1 Å². The Morgan fingerprint density at radius 3 is 2.25 bits per heavy atom. The number of alkyl halides is 3. The Morgan fingerprint density at radius 1 is 1.03 bits per heavy atom. The first-order chi connectivity index (χ1) is 15.0. The van der Waals surface area contributed by atoms with Crippen LogP contribution < -0.4 is 5.32 Å². The van der Waals surface area contributed by atoms with E-state index in [0.717, 1.165) is 11.0 Å². The fourth-order valence-electron chi connectivity index (χ4n) is 2.96. The number of likely N-dealkylation sites (tertiary alicyclic amines) is 1. The average molecular weight is 469 g/mol. The topological polar surface area (TPSA) is 92.8 Å². The Kier molecular flexibility index (Phi) is 6.83. The van der Waals surface area contributed by atoms with Gasteiger partial charge in [-0.15, -0.1) is 0 Å². The molecule has 0 radical (unpaired) electrons. The van der Waals surface area contributed by atoms with Crippen molar-refractivity contribution in [3.05, 3.63) is 64.2 Å². The largest absolute Gasteiger partial charge is 0.452 e. The van der Waals surface area contributed by atoms with Gasteiger partial charge >= 0.3 is 12.1 Å². The van der Waals surface area contributed by atoms with Gasteiger partial charge in [0.15, 0.2) is 6.61 Å². The van der Waals surface area contributed by atoms with Gasteiger partial charge in [0.05, 0.1) is 22.7 Å². The number of hydrogen-bond acceptors (Lipinski definition) is 5. The van der Waals surface area contributed by atoms with Crippen LogP contribution in [0.25, 0.3) is 0 Å². The molecule has 0 aliphatic carbocycles. The fourth-order valence-corrected chi connectivity index (χ4v) is 3.18. The smallest absolute Gasteiger partial charge is 0.417 e. The molecule has 1 N–H and O–H groups in total. The zero-order valence-electron chi connectivity index (χ0n) is 16.4. The van der Waals surface area contributed by atoms with Gasteiger partial charge in [-0.3, -0.25) is 19.3 Å². The molecule has 1 aliphatic heterocycles. The van der Waals surface area contributed by atoms with E-state index in [9.17, 15) is 32.3 Å². The highest BCUT2D eigenvalue weighted by Gasteiger charge is 2.33. The van der Waals surface area contributed by atoms with Gasteiger partial charge in [-0.05, 0) is 35.9 Å². The highest BCUT2D eigenvalue weighted by atomic mass is 35.5. The van der Waals surface area contributed by atoms with Crippen molar-refractivity contribution in [2.45, 2.75) is 25.6 Å². The lowest BCUT2D eigenvalue weighted by Crippen LogP contribution is -2.28. The van der Waals surface area contributed by atoms with Gasteiger partial charge in [0.2, 0.25) is 11.8 Å². The maximum Gasteiger partial charge on any atom is 0.417 e. The minimum Gasteiger partial charge on any atom is -0.452 e. The second-order valence-corrected chi connectivity index (χ2v) is 7.29. The number of halogens is 4. The van der Waals surface area contributed by atoms with E-state index in [1.807, 2.05) is 0 Å². The van der Waals surface area contributed by atoms with E-state index >= 15 is 0 Å². The Hall–Kier alpha value is -3.40. The summed E-state index contributed by atoms with van der Waals surface area (Å²) in [5.74, 6) is -2.18. The van der Waals surface area contributed by atoms with Crippen molar-refractivity contribution in [1.82, 2.24) is 4.90 Å². The van der Waals surface area contributed by atoms with Crippen LogP contribution in [0.2, 0.25) is 5.02 Å². The second-order valence-electron chi connectivity index (χ2n) is 6.89. The first-order valence-corrected chi connectivity index (χ1v) is 9.68. The lowest BCUT2D eigenvalue weighted by atomic mass is 10.1. The summed E-state index contributed by atoms with van der Waals surface area (Å²) in [5.41, 5.74) is -0.512. The molecule has 2 aromatic rings. The monoisotopic (exact) mass is 468 g/mol. The number of imide groups is 1. The molecular weight excluding hydrogens is 453 g/mol. The first-order valence-electron chi connectivity index (χ1n) is 9.30. The van der Waals surface area contributed by atoms with Gasteiger partial charge in [-0.2, -0.15) is 13.2 Å².